The maximum Gasteiger partial charge on any atom is 0.170 e. The fourth-order valence-electron chi connectivity index (χ4n) is 2.30. The Bertz CT molecular complexity index is 804. The van der Waals surface area contributed by atoms with E-state index < -0.39 is 0 Å². The molecule has 0 aliphatic rings. The van der Waals surface area contributed by atoms with Crippen molar-refractivity contribution >= 4 is 16.9 Å². The van der Waals surface area contributed by atoms with Crippen molar-refractivity contribution < 1.29 is 5.21 Å². The van der Waals surface area contributed by atoms with Crippen LogP contribution in [0, 0.1) is 6.92 Å². The van der Waals surface area contributed by atoms with Gasteiger partial charge in [-0.1, -0.05) is 17.3 Å². The molecule has 0 spiro atoms. The lowest BCUT2D eigenvalue weighted by Gasteiger charge is -2.09. The normalized spacial score (nSPS) is 11.9. The number of amidine groups is 1. The number of hydrogen-bond acceptors (Lipinski definition) is 3. The van der Waals surface area contributed by atoms with Crippen LogP contribution in [-0.4, -0.2) is 20.6 Å². The Balaban J connectivity index is 2.14. The standard InChI is InChI=1S/C15H14N4O/c1-10-8-11(6-7-12(10)15(16)18-20)19-9-17-13-4-2-3-5-14(13)19/h2-9,20H,1H3,(H2,16,18). The van der Waals surface area contributed by atoms with E-state index in [1.54, 1.807) is 6.33 Å². The summed E-state index contributed by atoms with van der Waals surface area (Å²) in [5.74, 6) is 0.115. The summed E-state index contributed by atoms with van der Waals surface area (Å²) in [6.07, 6.45) is 1.79. The van der Waals surface area contributed by atoms with E-state index in [0.29, 0.717) is 0 Å². The van der Waals surface area contributed by atoms with E-state index in [1.807, 2.05) is 54.0 Å². The summed E-state index contributed by atoms with van der Waals surface area (Å²) in [5, 5.41) is 11.8. The zero-order valence-corrected chi connectivity index (χ0v) is 11.0. The van der Waals surface area contributed by atoms with E-state index >= 15 is 0 Å². The van der Waals surface area contributed by atoms with Gasteiger partial charge in [-0.05, 0) is 42.8 Å². The van der Waals surface area contributed by atoms with Crippen molar-refractivity contribution in [2.45, 2.75) is 6.92 Å². The van der Waals surface area contributed by atoms with Crippen LogP contribution in [0.25, 0.3) is 16.7 Å². The fourth-order valence-corrected chi connectivity index (χ4v) is 2.30. The number of aromatic nitrogens is 2. The molecule has 0 fully saturated rings. The lowest BCUT2D eigenvalue weighted by molar-refractivity contribution is 0.318. The first-order valence-corrected chi connectivity index (χ1v) is 6.21. The Kier molecular flexibility index (Phi) is 2.87. The van der Waals surface area contributed by atoms with Gasteiger partial charge in [0.15, 0.2) is 5.84 Å². The predicted molar refractivity (Wildman–Crippen MR) is 78.3 cm³/mol. The largest absolute Gasteiger partial charge is 0.409 e. The SMILES string of the molecule is Cc1cc(-n2cnc3ccccc32)ccc1/C(N)=N/O. The summed E-state index contributed by atoms with van der Waals surface area (Å²) in [6.45, 7) is 1.93. The van der Waals surface area contributed by atoms with Gasteiger partial charge in [0.1, 0.15) is 6.33 Å². The number of oxime groups is 1. The summed E-state index contributed by atoms with van der Waals surface area (Å²) < 4.78 is 2.01. The number of fused-ring (bicyclic) bond motifs is 1. The first kappa shape index (κ1) is 12.2. The number of nitrogens with two attached hydrogens (primary N) is 1. The van der Waals surface area contributed by atoms with Gasteiger partial charge in [0.25, 0.3) is 0 Å². The molecule has 0 saturated carbocycles. The second-order valence-corrected chi connectivity index (χ2v) is 4.59. The maximum absolute atomic E-state index is 8.76. The minimum Gasteiger partial charge on any atom is -0.409 e. The third-order valence-corrected chi connectivity index (χ3v) is 3.33. The van der Waals surface area contributed by atoms with Gasteiger partial charge in [-0.15, -0.1) is 0 Å². The van der Waals surface area contributed by atoms with E-state index in [4.69, 9.17) is 10.9 Å². The number of rotatable bonds is 2. The van der Waals surface area contributed by atoms with Crippen molar-refractivity contribution in [3.05, 3.63) is 59.9 Å². The number of hydrogen-bond donors (Lipinski definition) is 2. The summed E-state index contributed by atoms with van der Waals surface area (Å²) in [6, 6.07) is 13.7. The quantitative estimate of drug-likeness (QED) is 0.324. The molecule has 0 aliphatic carbocycles. The van der Waals surface area contributed by atoms with Crippen molar-refractivity contribution in [3.63, 3.8) is 0 Å². The average molecular weight is 266 g/mol. The van der Waals surface area contributed by atoms with Crippen LogP contribution < -0.4 is 5.73 Å². The molecular formula is C15H14N4O. The molecule has 0 unspecified atom stereocenters. The molecule has 100 valence electrons. The summed E-state index contributed by atoms with van der Waals surface area (Å²) in [7, 11) is 0. The number of aryl methyl sites for hydroxylation is 1. The van der Waals surface area contributed by atoms with Gasteiger partial charge in [-0.25, -0.2) is 4.98 Å². The van der Waals surface area contributed by atoms with Gasteiger partial charge in [0, 0.05) is 11.3 Å². The Labute approximate surface area is 116 Å². The molecule has 0 atom stereocenters. The molecule has 3 rings (SSSR count). The van der Waals surface area contributed by atoms with Crippen LogP contribution in [0.3, 0.4) is 0 Å². The molecule has 1 aromatic heterocycles. The topological polar surface area (TPSA) is 76.4 Å². The lowest BCUT2D eigenvalue weighted by atomic mass is 10.1. The number of benzene rings is 2. The highest BCUT2D eigenvalue weighted by atomic mass is 16.4. The molecule has 0 radical (unpaired) electrons. The Morgan fingerprint density at radius 1 is 1.25 bits per heavy atom. The minimum atomic E-state index is 0.115. The van der Waals surface area contributed by atoms with Gasteiger partial charge < -0.3 is 10.9 Å². The zero-order chi connectivity index (χ0) is 14.1. The summed E-state index contributed by atoms with van der Waals surface area (Å²) in [5.41, 5.74) is 10.3. The second kappa shape index (κ2) is 4.70. The van der Waals surface area contributed by atoms with Crippen molar-refractivity contribution in [3.8, 4) is 5.69 Å². The third-order valence-electron chi connectivity index (χ3n) is 3.33. The average Bonchev–Trinajstić information content (AvgIpc) is 2.90. The van der Waals surface area contributed by atoms with Gasteiger partial charge >= 0.3 is 0 Å². The molecule has 2 aromatic carbocycles. The van der Waals surface area contributed by atoms with Gasteiger partial charge in [-0.3, -0.25) is 4.57 Å². The summed E-state index contributed by atoms with van der Waals surface area (Å²) >= 11 is 0. The summed E-state index contributed by atoms with van der Waals surface area (Å²) in [4.78, 5) is 4.37. The molecule has 0 saturated heterocycles. The van der Waals surface area contributed by atoms with Gasteiger partial charge in [0.2, 0.25) is 0 Å². The highest BCUT2D eigenvalue weighted by Crippen LogP contribution is 2.20. The number of para-hydroxylation sites is 2. The van der Waals surface area contributed by atoms with Crippen LogP contribution in [0.1, 0.15) is 11.1 Å². The zero-order valence-electron chi connectivity index (χ0n) is 11.0. The van der Waals surface area contributed by atoms with E-state index in [2.05, 4.69) is 10.1 Å². The van der Waals surface area contributed by atoms with Gasteiger partial charge in [0.05, 0.1) is 11.0 Å². The maximum atomic E-state index is 8.76. The fraction of sp³-hybridized carbons (Fsp3) is 0.0667. The third kappa shape index (κ3) is 1.89. The van der Waals surface area contributed by atoms with E-state index in [1.165, 1.54) is 0 Å². The van der Waals surface area contributed by atoms with Crippen LogP contribution in [0.5, 0.6) is 0 Å². The van der Waals surface area contributed by atoms with Crippen molar-refractivity contribution in [2.24, 2.45) is 10.9 Å². The lowest BCUT2D eigenvalue weighted by Crippen LogP contribution is -2.14. The Hall–Kier alpha value is -2.82. The molecule has 3 N–H and O–H groups in total. The van der Waals surface area contributed by atoms with Crippen LogP contribution >= 0.6 is 0 Å². The number of imidazole rings is 1. The van der Waals surface area contributed by atoms with Crippen LogP contribution in [0.4, 0.5) is 0 Å². The Morgan fingerprint density at radius 2 is 2.05 bits per heavy atom. The number of nitrogens with zero attached hydrogens (tertiary/aromatic N) is 3. The molecule has 3 aromatic rings. The van der Waals surface area contributed by atoms with Crippen molar-refractivity contribution in [2.75, 3.05) is 0 Å². The smallest absolute Gasteiger partial charge is 0.170 e. The van der Waals surface area contributed by atoms with E-state index in [-0.39, 0.29) is 5.84 Å². The molecule has 0 bridgehead atoms. The highest BCUT2D eigenvalue weighted by molar-refractivity contribution is 5.98. The predicted octanol–water partition coefficient (Wildman–Crippen LogP) is 2.43. The van der Waals surface area contributed by atoms with Crippen LogP contribution in [0.15, 0.2) is 53.9 Å². The minimum absolute atomic E-state index is 0.115. The molecule has 1 heterocycles. The highest BCUT2D eigenvalue weighted by Gasteiger charge is 2.08. The molecule has 5 nitrogen and oxygen atoms in total. The second-order valence-electron chi connectivity index (χ2n) is 4.59. The van der Waals surface area contributed by atoms with Crippen molar-refractivity contribution in [1.29, 1.82) is 0 Å². The Morgan fingerprint density at radius 3 is 2.80 bits per heavy atom. The molecule has 5 heteroatoms. The van der Waals surface area contributed by atoms with Crippen LogP contribution in [-0.2, 0) is 0 Å². The molecule has 0 amide bonds. The van der Waals surface area contributed by atoms with E-state index in [0.717, 1.165) is 27.8 Å². The monoisotopic (exact) mass is 266 g/mol. The first-order valence-electron chi connectivity index (χ1n) is 6.21. The van der Waals surface area contributed by atoms with E-state index in [9.17, 15) is 0 Å². The van der Waals surface area contributed by atoms with Crippen LogP contribution in [0.2, 0.25) is 0 Å². The molecular weight excluding hydrogens is 252 g/mol. The first-order chi connectivity index (χ1) is 9.70. The molecule has 20 heavy (non-hydrogen) atoms. The van der Waals surface area contributed by atoms with Gasteiger partial charge in [-0.2, -0.15) is 0 Å². The van der Waals surface area contributed by atoms with Crippen molar-refractivity contribution in [1.82, 2.24) is 9.55 Å². The molecule has 0 aliphatic heterocycles.